The number of allylic oxidation sites excluding steroid dienone is 6. The summed E-state index contributed by atoms with van der Waals surface area (Å²) in [6, 6.07) is 0. The Labute approximate surface area is 131 Å². The van der Waals surface area contributed by atoms with E-state index in [0.717, 1.165) is 32.1 Å². The predicted octanol–water partition coefficient (Wildman–Crippen LogP) is 5.57. The van der Waals surface area contributed by atoms with Crippen LogP contribution in [0.2, 0.25) is 0 Å². The van der Waals surface area contributed by atoms with Gasteiger partial charge in [-0.1, -0.05) is 40.9 Å². The van der Waals surface area contributed by atoms with Crippen molar-refractivity contribution in [3.63, 3.8) is 0 Å². The van der Waals surface area contributed by atoms with Gasteiger partial charge in [0.25, 0.3) is 0 Å². The Morgan fingerprint density at radius 1 is 0.952 bits per heavy atom. The zero-order valence-corrected chi connectivity index (χ0v) is 14.5. The van der Waals surface area contributed by atoms with Crippen molar-refractivity contribution in [3.05, 3.63) is 34.9 Å². The lowest BCUT2D eigenvalue weighted by Gasteiger charge is -2.14. The van der Waals surface area contributed by atoms with Gasteiger partial charge in [-0.05, 0) is 73.1 Å². The SMILES string of the molecule is C#CC(C)(O)CC/C=C(/C)CC/C=C(/C)CCC=C(C)C. The van der Waals surface area contributed by atoms with E-state index in [1.54, 1.807) is 6.92 Å². The average Bonchev–Trinajstić information content (AvgIpc) is 2.38. The fourth-order valence-corrected chi connectivity index (χ4v) is 2.01. The summed E-state index contributed by atoms with van der Waals surface area (Å²) in [7, 11) is 0. The van der Waals surface area contributed by atoms with Crippen LogP contribution in [0.25, 0.3) is 0 Å². The number of terminal acetylenes is 1. The van der Waals surface area contributed by atoms with Crippen molar-refractivity contribution in [2.24, 2.45) is 0 Å². The Hall–Kier alpha value is -1.26. The van der Waals surface area contributed by atoms with E-state index in [9.17, 15) is 5.11 Å². The molecule has 0 saturated heterocycles. The molecule has 0 bridgehead atoms. The van der Waals surface area contributed by atoms with Crippen molar-refractivity contribution >= 4 is 0 Å². The highest BCUT2D eigenvalue weighted by molar-refractivity contribution is 5.08. The van der Waals surface area contributed by atoms with Crippen LogP contribution in [0.5, 0.6) is 0 Å². The summed E-state index contributed by atoms with van der Waals surface area (Å²) in [4.78, 5) is 0. The van der Waals surface area contributed by atoms with Gasteiger partial charge < -0.3 is 5.11 Å². The van der Waals surface area contributed by atoms with Crippen LogP contribution in [0, 0.1) is 12.3 Å². The maximum Gasteiger partial charge on any atom is 0.122 e. The van der Waals surface area contributed by atoms with Crippen LogP contribution in [0.4, 0.5) is 0 Å². The van der Waals surface area contributed by atoms with Gasteiger partial charge in [0.15, 0.2) is 0 Å². The minimum Gasteiger partial charge on any atom is -0.378 e. The first kappa shape index (κ1) is 19.7. The molecule has 0 aromatic carbocycles. The Bertz CT molecular complexity index is 423. The van der Waals surface area contributed by atoms with Crippen LogP contribution < -0.4 is 0 Å². The molecule has 0 aromatic heterocycles. The van der Waals surface area contributed by atoms with Gasteiger partial charge in [0.1, 0.15) is 5.60 Å². The lowest BCUT2D eigenvalue weighted by molar-refractivity contribution is 0.113. The maximum atomic E-state index is 9.73. The summed E-state index contributed by atoms with van der Waals surface area (Å²) in [5.41, 5.74) is 3.26. The molecule has 0 saturated carbocycles. The summed E-state index contributed by atoms with van der Waals surface area (Å²) >= 11 is 0. The van der Waals surface area contributed by atoms with Gasteiger partial charge >= 0.3 is 0 Å². The van der Waals surface area contributed by atoms with E-state index in [0.29, 0.717) is 6.42 Å². The molecule has 21 heavy (non-hydrogen) atoms. The van der Waals surface area contributed by atoms with Crippen LogP contribution >= 0.6 is 0 Å². The highest BCUT2D eigenvalue weighted by Crippen LogP contribution is 2.15. The quantitative estimate of drug-likeness (QED) is 0.434. The van der Waals surface area contributed by atoms with Gasteiger partial charge in [-0.3, -0.25) is 0 Å². The van der Waals surface area contributed by atoms with Crippen LogP contribution in [-0.4, -0.2) is 10.7 Å². The first-order valence-electron chi connectivity index (χ1n) is 7.91. The fraction of sp³-hybridized carbons (Fsp3) is 0.600. The Morgan fingerprint density at radius 2 is 1.43 bits per heavy atom. The second-order valence-electron chi connectivity index (χ2n) is 6.42. The molecule has 0 aliphatic rings. The smallest absolute Gasteiger partial charge is 0.122 e. The predicted molar refractivity (Wildman–Crippen MR) is 94.1 cm³/mol. The van der Waals surface area contributed by atoms with Gasteiger partial charge in [-0.25, -0.2) is 0 Å². The first-order chi connectivity index (χ1) is 9.76. The number of aliphatic hydroxyl groups is 1. The summed E-state index contributed by atoms with van der Waals surface area (Å²) in [5, 5.41) is 9.73. The molecule has 0 heterocycles. The first-order valence-corrected chi connectivity index (χ1v) is 7.91. The molecule has 0 amide bonds. The van der Waals surface area contributed by atoms with Gasteiger partial charge in [0.2, 0.25) is 0 Å². The monoisotopic (exact) mass is 288 g/mol. The second-order valence-corrected chi connectivity index (χ2v) is 6.42. The summed E-state index contributed by atoms with van der Waals surface area (Å²) < 4.78 is 0. The molecule has 0 fully saturated rings. The average molecular weight is 288 g/mol. The molecule has 0 aromatic rings. The Balaban J connectivity index is 3.99. The summed E-state index contributed by atoms with van der Waals surface area (Å²) in [6.07, 6.45) is 18.0. The van der Waals surface area contributed by atoms with Gasteiger partial charge in [0, 0.05) is 0 Å². The molecule has 1 unspecified atom stereocenters. The van der Waals surface area contributed by atoms with Gasteiger partial charge in [0.05, 0.1) is 0 Å². The molecule has 1 nitrogen and oxygen atoms in total. The second kappa shape index (κ2) is 10.5. The molecule has 1 atom stereocenters. The molecule has 1 N–H and O–H groups in total. The molecule has 0 radical (unpaired) electrons. The van der Waals surface area contributed by atoms with Crippen LogP contribution in [0.15, 0.2) is 34.9 Å². The van der Waals surface area contributed by atoms with Crippen molar-refractivity contribution in [1.82, 2.24) is 0 Å². The van der Waals surface area contributed by atoms with E-state index in [4.69, 9.17) is 6.42 Å². The molecule has 0 aliphatic carbocycles. The van der Waals surface area contributed by atoms with Crippen LogP contribution in [0.1, 0.15) is 73.1 Å². The standard InChI is InChI=1S/C20H32O/c1-7-20(6,21)16-10-15-19(5)14-9-13-18(4)12-8-11-17(2)3/h1,11,13,15,21H,8-10,12,14,16H2,2-6H3/b18-13-,19-15-. The molecule has 0 spiro atoms. The van der Waals surface area contributed by atoms with E-state index in [-0.39, 0.29) is 0 Å². The highest BCUT2D eigenvalue weighted by Gasteiger charge is 2.14. The van der Waals surface area contributed by atoms with E-state index in [1.165, 1.54) is 16.7 Å². The van der Waals surface area contributed by atoms with Crippen molar-refractivity contribution in [3.8, 4) is 12.3 Å². The zero-order chi connectivity index (χ0) is 16.3. The van der Waals surface area contributed by atoms with Crippen molar-refractivity contribution < 1.29 is 5.11 Å². The summed E-state index contributed by atoms with van der Waals surface area (Å²) in [6.45, 7) is 10.3. The summed E-state index contributed by atoms with van der Waals surface area (Å²) in [5.74, 6) is 2.41. The molecule has 1 heteroatoms. The molecular formula is C20H32O. The third kappa shape index (κ3) is 12.2. The minimum absolute atomic E-state index is 0.623. The third-order valence-corrected chi connectivity index (χ3v) is 3.56. The van der Waals surface area contributed by atoms with Gasteiger partial charge in [-0.15, -0.1) is 6.42 Å². The zero-order valence-electron chi connectivity index (χ0n) is 14.5. The molecule has 0 rings (SSSR count). The minimum atomic E-state index is -0.974. The Kier molecular flexibility index (Phi) is 9.84. The van der Waals surface area contributed by atoms with Crippen molar-refractivity contribution in [1.29, 1.82) is 0 Å². The lowest BCUT2D eigenvalue weighted by Crippen LogP contribution is -2.20. The normalized spacial score (nSPS) is 15.3. The number of hydrogen-bond donors (Lipinski definition) is 1. The third-order valence-electron chi connectivity index (χ3n) is 3.56. The molecular weight excluding hydrogens is 256 g/mol. The number of hydrogen-bond acceptors (Lipinski definition) is 1. The largest absolute Gasteiger partial charge is 0.378 e. The van der Waals surface area contributed by atoms with E-state index >= 15 is 0 Å². The van der Waals surface area contributed by atoms with Crippen LogP contribution in [-0.2, 0) is 0 Å². The van der Waals surface area contributed by atoms with E-state index in [2.05, 4.69) is 51.8 Å². The number of rotatable bonds is 9. The molecule has 0 aliphatic heterocycles. The van der Waals surface area contributed by atoms with Gasteiger partial charge in [-0.2, -0.15) is 0 Å². The van der Waals surface area contributed by atoms with Crippen LogP contribution in [0.3, 0.4) is 0 Å². The van der Waals surface area contributed by atoms with Crippen molar-refractivity contribution in [2.45, 2.75) is 78.7 Å². The van der Waals surface area contributed by atoms with E-state index < -0.39 is 5.60 Å². The lowest BCUT2D eigenvalue weighted by atomic mass is 9.99. The highest BCUT2D eigenvalue weighted by atomic mass is 16.3. The maximum absolute atomic E-state index is 9.73. The van der Waals surface area contributed by atoms with Crippen molar-refractivity contribution in [2.75, 3.05) is 0 Å². The Morgan fingerprint density at radius 3 is 1.90 bits per heavy atom. The fourth-order valence-electron chi connectivity index (χ4n) is 2.01. The topological polar surface area (TPSA) is 20.2 Å². The van der Waals surface area contributed by atoms with E-state index in [1.807, 2.05) is 0 Å². The molecule has 118 valence electrons.